The van der Waals surface area contributed by atoms with Crippen molar-refractivity contribution in [1.29, 1.82) is 0 Å². The van der Waals surface area contributed by atoms with E-state index in [2.05, 4.69) is 11.9 Å². The van der Waals surface area contributed by atoms with E-state index in [0.29, 0.717) is 12.2 Å². The van der Waals surface area contributed by atoms with Gasteiger partial charge in [-0.3, -0.25) is 0 Å². The largest absolute Gasteiger partial charge is 0.462 e. The molecule has 0 aliphatic rings. The molecule has 1 heterocycles. The zero-order valence-electron chi connectivity index (χ0n) is 12.6. The van der Waals surface area contributed by atoms with Crippen LogP contribution in [0.4, 0.5) is 0 Å². The van der Waals surface area contributed by atoms with Crippen LogP contribution in [-0.4, -0.2) is 17.6 Å². The highest BCUT2D eigenvalue weighted by molar-refractivity contribution is 5.91. The molecule has 1 aromatic rings. The summed E-state index contributed by atoms with van der Waals surface area (Å²) < 4.78 is 5.08. The Labute approximate surface area is 116 Å². The molecule has 0 spiro atoms. The van der Waals surface area contributed by atoms with Gasteiger partial charge < -0.3 is 9.72 Å². The molecule has 108 valence electrons. The molecule has 0 unspecified atom stereocenters. The van der Waals surface area contributed by atoms with E-state index in [1.165, 1.54) is 32.1 Å². The van der Waals surface area contributed by atoms with Gasteiger partial charge in [-0.05, 0) is 32.8 Å². The summed E-state index contributed by atoms with van der Waals surface area (Å²) in [6.45, 7) is 6.48. The molecule has 1 N–H and O–H groups in total. The zero-order chi connectivity index (χ0) is 14.1. The van der Waals surface area contributed by atoms with Crippen LogP contribution < -0.4 is 0 Å². The number of nitrogens with one attached hydrogen (secondary N) is 1. The number of carbonyl (C=O) groups excluding carboxylic acids is 1. The minimum atomic E-state index is -0.201. The van der Waals surface area contributed by atoms with Gasteiger partial charge in [0.1, 0.15) is 0 Å². The van der Waals surface area contributed by atoms with E-state index in [0.717, 1.165) is 24.2 Å². The maximum atomic E-state index is 11.8. The molecule has 3 nitrogen and oxygen atoms in total. The highest BCUT2D eigenvalue weighted by Gasteiger charge is 2.14. The molecule has 0 atom stereocenters. The van der Waals surface area contributed by atoms with E-state index in [1.54, 1.807) is 0 Å². The van der Waals surface area contributed by atoms with Gasteiger partial charge in [0, 0.05) is 11.4 Å². The van der Waals surface area contributed by atoms with Gasteiger partial charge in [0.15, 0.2) is 0 Å². The first-order chi connectivity index (χ1) is 9.19. The summed E-state index contributed by atoms with van der Waals surface area (Å²) in [5.74, 6) is -0.201. The Bertz CT molecular complexity index is 382. The summed E-state index contributed by atoms with van der Waals surface area (Å²) in [4.78, 5) is 15.1. The Morgan fingerprint density at radius 2 is 1.84 bits per heavy atom. The molecular formula is C16H27NO2. The van der Waals surface area contributed by atoms with Gasteiger partial charge in [-0.1, -0.05) is 39.0 Å². The predicted molar refractivity (Wildman–Crippen MR) is 78.6 cm³/mol. The summed E-state index contributed by atoms with van der Waals surface area (Å²) in [6.07, 6.45) is 8.54. The van der Waals surface area contributed by atoms with Crippen LogP contribution in [0.5, 0.6) is 0 Å². The average Bonchev–Trinajstić information content (AvgIpc) is 2.75. The van der Waals surface area contributed by atoms with Crippen LogP contribution in [0, 0.1) is 6.92 Å². The quantitative estimate of drug-likeness (QED) is 0.531. The fourth-order valence-electron chi connectivity index (χ4n) is 2.32. The molecule has 0 bridgehead atoms. The van der Waals surface area contributed by atoms with Crippen molar-refractivity contribution in [2.24, 2.45) is 0 Å². The number of unbranched alkanes of at least 4 members (excludes halogenated alkanes) is 5. The van der Waals surface area contributed by atoms with Gasteiger partial charge in [-0.25, -0.2) is 4.79 Å². The van der Waals surface area contributed by atoms with Crippen molar-refractivity contribution in [3.63, 3.8) is 0 Å². The molecule has 0 saturated carbocycles. The van der Waals surface area contributed by atoms with Crippen LogP contribution in [0.2, 0.25) is 0 Å². The summed E-state index contributed by atoms with van der Waals surface area (Å²) in [6, 6.07) is 1.89. The molecule has 0 aliphatic heterocycles. The summed E-state index contributed by atoms with van der Waals surface area (Å²) in [5, 5.41) is 0. The van der Waals surface area contributed by atoms with E-state index in [4.69, 9.17) is 4.74 Å². The van der Waals surface area contributed by atoms with E-state index in [9.17, 15) is 4.79 Å². The Morgan fingerprint density at radius 1 is 1.16 bits per heavy atom. The lowest BCUT2D eigenvalue weighted by Crippen LogP contribution is -2.06. The Morgan fingerprint density at radius 3 is 2.53 bits per heavy atom. The molecule has 1 aromatic heterocycles. The number of aryl methyl sites for hydroxylation is 2. The molecule has 0 radical (unpaired) electrons. The molecule has 19 heavy (non-hydrogen) atoms. The van der Waals surface area contributed by atoms with Crippen molar-refractivity contribution in [2.75, 3.05) is 6.61 Å². The third-order valence-corrected chi connectivity index (χ3v) is 3.31. The molecule has 0 aromatic carbocycles. The Balaban J connectivity index is 2.42. The number of hydrogen-bond acceptors (Lipinski definition) is 2. The smallest absolute Gasteiger partial charge is 0.339 e. The number of ether oxygens (including phenoxy) is 1. The molecule has 0 fully saturated rings. The highest BCUT2D eigenvalue weighted by atomic mass is 16.5. The van der Waals surface area contributed by atoms with Gasteiger partial charge in [0.25, 0.3) is 0 Å². The summed E-state index contributed by atoms with van der Waals surface area (Å²) in [5.41, 5.74) is 2.78. The topological polar surface area (TPSA) is 42.1 Å². The van der Waals surface area contributed by atoms with Crippen molar-refractivity contribution >= 4 is 5.97 Å². The first kappa shape index (κ1) is 15.8. The van der Waals surface area contributed by atoms with Gasteiger partial charge in [0.2, 0.25) is 0 Å². The number of rotatable bonds is 9. The van der Waals surface area contributed by atoms with Crippen LogP contribution in [0.1, 0.15) is 74.1 Å². The van der Waals surface area contributed by atoms with Crippen molar-refractivity contribution in [1.82, 2.24) is 4.98 Å². The summed E-state index contributed by atoms with van der Waals surface area (Å²) >= 11 is 0. The van der Waals surface area contributed by atoms with E-state index in [-0.39, 0.29) is 5.97 Å². The Kier molecular flexibility index (Phi) is 7.31. The number of H-pyrrole nitrogens is 1. The zero-order valence-corrected chi connectivity index (χ0v) is 12.6. The van der Waals surface area contributed by atoms with Gasteiger partial charge in [0.05, 0.1) is 12.2 Å². The molecule has 0 amide bonds. The number of hydrogen-bond donors (Lipinski definition) is 1. The number of aromatic amines is 1. The number of aromatic nitrogens is 1. The van der Waals surface area contributed by atoms with Crippen LogP contribution in [0.3, 0.4) is 0 Å². The first-order valence-electron chi connectivity index (χ1n) is 7.54. The summed E-state index contributed by atoms with van der Waals surface area (Å²) in [7, 11) is 0. The second kappa shape index (κ2) is 8.78. The predicted octanol–water partition coefficient (Wildman–Crippen LogP) is 4.40. The van der Waals surface area contributed by atoms with Crippen LogP contribution in [0.15, 0.2) is 6.07 Å². The minimum Gasteiger partial charge on any atom is -0.462 e. The fraction of sp³-hybridized carbons (Fsp3) is 0.688. The Hall–Kier alpha value is -1.25. The van der Waals surface area contributed by atoms with Crippen molar-refractivity contribution in [3.8, 4) is 0 Å². The number of esters is 1. The molecule has 3 heteroatoms. The highest BCUT2D eigenvalue weighted by Crippen LogP contribution is 2.16. The van der Waals surface area contributed by atoms with Gasteiger partial charge in [-0.15, -0.1) is 0 Å². The molecule has 0 aliphatic carbocycles. The lowest BCUT2D eigenvalue weighted by Gasteiger charge is -2.04. The number of carbonyl (C=O) groups is 1. The van der Waals surface area contributed by atoms with Crippen LogP contribution in [0.25, 0.3) is 0 Å². The molecule has 1 rings (SSSR count). The minimum absolute atomic E-state index is 0.201. The monoisotopic (exact) mass is 265 g/mol. The second-order valence-corrected chi connectivity index (χ2v) is 5.08. The normalized spacial score (nSPS) is 10.7. The van der Waals surface area contributed by atoms with Gasteiger partial charge in [-0.2, -0.15) is 0 Å². The fourth-order valence-corrected chi connectivity index (χ4v) is 2.32. The third kappa shape index (κ3) is 5.50. The average molecular weight is 265 g/mol. The first-order valence-corrected chi connectivity index (χ1v) is 7.54. The van der Waals surface area contributed by atoms with Crippen molar-refractivity contribution in [2.45, 2.75) is 65.7 Å². The van der Waals surface area contributed by atoms with Crippen molar-refractivity contribution < 1.29 is 9.53 Å². The van der Waals surface area contributed by atoms with Crippen LogP contribution in [-0.2, 0) is 11.2 Å². The lowest BCUT2D eigenvalue weighted by atomic mass is 10.1. The van der Waals surface area contributed by atoms with Crippen molar-refractivity contribution in [3.05, 3.63) is 23.0 Å². The van der Waals surface area contributed by atoms with E-state index >= 15 is 0 Å². The third-order valence-electron chi connectivity index (χ3n) is 3.31. The van der Waals surface area contributed by atoms with Gasteiger partial charge >= 0.3 is 5.97 Å². The standard InChI is InChI=1S/C16H27NO2/c1-4-6-7-8-9-10-11-15-14(12-13(3)17-15)16(18)19-5-2/h12,17H,4-11H2,1-3H3. The molecular weight excluding hydrogens is 238 g/mol. The maximum Gasteiger partial charge on any atom is 0.339 e. The molecule has 0 saturated heterocycles. The van der Waals surface area contributed by atoms with Crippen LogP contribution >= 0.6 is 0 Å². The SMILES string of the molecule is CCCCCCCCc1[nH]c(C)cc1C(=O)OCC. The van der Waals surface area contributed by atoms with E-state index in [1.807, 2.05) is 19.9 Å². The van der Waals surface area contributed by atoms with E-state index < -0.39 is 0 Å². The maximum absolute atomic E-state index is 11.8. The second-order valence-electron chi connectivity index (χ2n) is 5.08. The lowest BCUT2D eigenvalue weighted by molar-refractivity contribution is 0.0525.